The third-order valence-electron chi connectivity index (χ3n) is 0.644. The van der Waals surface area contributed by atoms with Crippen LogP contribution in [0.5, 0.6) is 0 Å². The molecule has 0 aromatic heterocycles. The van der Waals surface area contributed by atoms with E-state index in [0.717, 1.165) is 0 Å². The van der Waals surface area contributed by atoms with Crippen molar-refractivity contribution in [3.05, 3.63) is 0 Å². The van der Waals surface area contributed by atoms with Crippen molar-refractivity contribution in [3.63, 3.8) is 0 Å². The van der Waals surface area contributed by atoms with Gasteiger partial charge in [-0.2, -0.15) is 0 Å². The zero-order valence-electron chi connectivity index (χ0n) is 4.82. The number of ketones is 1. The van der Waals surface area contributed by atoms with Crippen LogP contribution >= 0.6 is 0 Å². The van der Waals surface area contributed by atoms with Gasteiger partial charge in [0.15, 0.2) is 0 Å². The molecule has 1 rings (SSSR count). The Hall–Kier alpha value is -0.330. The third kappa shape index (κ3) is 0.318. The van der Waals surface area contributed by atoms with Crippen molar-refractivity contribution in [2.45, 2.75) is 19.2 Å². The van der Waals surface area contributed by atoms with E-state index in [9.17, 15) is 4.79 Å². The van der Waals surface area contributed by atoms with Gasteiger partial charge in [-0.1, -0.05) is 0 Å². The van der Waals surface area contributed by atoms with Crippen LogP contribution in [0, 0.1) is 0 Å². The number of Topliss-reactive ketones (excluding diaryl/α,β-unsaturated/α-hetero) is 1. The highest BCUT2D eigenvalue weighted by molar-refractivity contribution is 5.83. The fourth-order valence-corrected chi connectivity index (χ4v) is 0.227. The van der Waals surface area contributed by atoms with E-state index in [1.165, 1.54) is 0 Å². The third-order valence-corrected chi connectivity index (χ3v) is 0.644. The second kappa shape index (κ2) is 0.814. The van der Waals surface area contributed by atoms with Gasteiger partial charge in [-0.25, -0.2) is 0 Å². The van der Waals surface area contributed by atoms with Crippen LogP contribution in [0.3, 0.4) is 0 Å². The molecule has 0 heterocycles. The second-order valence-corrected chi connectivity index (χ2v) is 1.14. The van der Waals surface area contributed by atoms with Crippen LogP contribution in [0.1, 0.15) is 22.0 Å². The van der Waals surface area contributed by atoms with Gasteiger partial charge in [-0.05, 0) is 6.37 Å². The van der Waals surface area contributed by atoms with Gasteiger partial charge in [-0.3, -0.25) is 4.79 Å². The SMILES string of the molecule is [2H]C1([2H])CC(=O)C1. The highest BCUT2D eigenvalue weighted by atomic mass is 16.1. The van der Waals surface area contributed by atoms with Gasteiger partial charge in [0.25, 0.3) is 0 Å². The Morgan fingerprint density at radius 1 is 1.80 bits per heavy atom. The lowest BCUT2D eigenvalue weighted by molar-refractivity contribution is -0.123. The van der Waals surface area contributed by atoms with Gasteiger partial charge < -0.3 is 0 Å². The summed E-state index contributed by atoms with van der Waals surface area (Å²) in [7, 11) is 0. The molecular weight excluding hydrogens is 64.0 g/mol. The van der Waals surface area contributed by atoms with E-state index in [1.807, 2.05) is 0 Å². The average molecular weight is 72.1 g/mol. The summed E-state index contributed by atoms with van der Waals surface area (Å²) < 4.78 is 13.7. The van der Waals surface area contributed by atoms with E-state index >= 15 is 0 Å². The molecule has 0 unspecified atom stereocenters. The minimum atomic E-state index is -1.16. The molecular formula is C4H6O. The van der Waals surface area contributed by atoms with Crippen molar-refractivity contribution in [2.75, 3.05) is 0 Å². The summed E-state index contributed by atoms with van der Waals surface area (Å²) in [6, 6.07) is 0. The number of rotatable bonds is 0. The second-order valence-electron chi connectivity index (χ2n) is 1.14. The van der Waals surface area contributed by atoms with Crippen LogP contribution < -0.4 is 0 Å². The molecule has 1 aliphatic carbocycles. The first-order valence-electron chi connectivity index (χ1n) is 2.62. The van der Waals surface area contributed by atoms with Crippen LogP contribution in [0.4, 0.5) is 0 Å². The maximum atomic E-state index is 10.1. The molecule has 0 radical (unpaired) electrons. The van der Waals surface area contributed by atoms with Crippen LogP contribution in [0.25, 0.3) is 0 Å². The molecule has 1 aliphatic rings. The molecule has 0 saturated heterocycles. The quantitative estimate of drug-likeness (QED) is 0.412. The van der Waals surface area contributed by atoms with E-state index in [1.54, 1.807) is 0 Å². The first-order chi connectivity index (χ1) is 3.10. The number of carbonyl (C=O) groups is 1. The summed E-state index contributed by atoms with van der Waals surface area (Å²) in [6.45, 7) is 0. The Kier molecular flexibility index (Phi) is 0.230. The molecule has 28 valence electrons. The molecule has 0 aromatic rings. The minimum Gasteiger partial charge on any atom is -0.300 e. The standard InChI is InChI=1S/C4H6O/c5-4-2-1-3-4/h1-3H2/i1D2. The maximum Gasteiger partial charge on any atom is 0.132 e. The van der Waals surface area contributed by atoms with Crippen molar-refractivity contribution < 1.29 is 7.54 Å². The molecule has 5 heavy (non-hydrogen) atoms. The molecule has 1 heteroatoms. The molecule has 1 saturated carbocycles. The molecule has 0 N–H and O–H groups in total. The van der Waals surface area contributed by atoms with Crippen LogP contribution in [0.2, 0.25) is 0 Å². The first-order valence-corrected chi connectivity index (χ1v) is 1.62. The van der Waals surface area contributed by atoms with E-state index in [0.29, 0.717) is 0 Å². The lowest BCUT2D eigenvalue weighted by atomic mass is 9.99. The Labute approximate surface area is 33.8 Å². The molecule has 0 atom stereocenters. The Bertz CT molecular complexity index is 98.3. The lowest BCUT2D eigenvalue weighted by Crippen LogP contribution is -2.07. The van der Waals surface area contributed by atoms with Crippen LogP contribution in [-0.2, 0) is 4.79 Å². The first kappa shape index (κ1) is 1.41. The molecule has 0 aliphatic heterocycles. The van der Waals surface area contributed by atoms with Crippen molar-refractivity contribution in [3.8, 4) is 0 Å². The van der Waals surface area contributed by atoms with Crippen molar-refractivity contribution in [1.82, 2.24) is 0 Å². The largest absolute Gasteiger partial charge is 0.300 e. The predicted molar refractivity (Wildman–Crippen MR) is 18.9 cm³/mol. The summed E-state index contributed by atoms with van der Waals surface area (Å²) in [5, 5.41) is 0. The summed E-state index contributed by atoms with van der Waals surface area (Å²) in [4.78, 5) is 10.1. The average Bonchev–Trinajstić information content (AvgIpc) is 1.27. The van der Waals surface area contributed by atoms with Crippen LogP contribution in [-0.4, -0.2) is 5.78 Å². The molecule has 0 amide bonds. The zero-order valence-corrected chi connectivity index (χ0v) is 2.82. The number of carbonyl (C=O) groups excluding carboxylic acids is 1. The fourth-order valence-electron chi connectivity index (χ4n) is 0.227. The molecule has 0 aromatic carbocycles. The topological polar surface area (TPSA) is 17.1 Å². The predicted octanol–water partition coefficient (Wildman–Crippen LogP) is 0.739. The van der Waals surface area contributed by atoms with Crippen molar-refractivity contribution >= 4 is 5.78 Å². The fraction of sp³-hybridized carbons (Fsp3) is 0.750. The van der Waals surface area contributed by atoms with Crippen molar-refractivity contribution in [2.24, 2.45) is 0 Å². The van der Waals surface area contributed by atoms with Gasteiger partial charge in [0.05, 0.1) is 0 Å². The highest BCUT2D eigenvalue weighted by Crippen LogP contribution is 2.10. The van der Waals surface area contributed by atoms with Gasteiger partial charge >= 0.3 is 0 Å². The monoisotopic (exact) mass is 72.1 g/mol. The zero-order chi connectivity index (χ0) is 5.49. The van der Waals surface area contributed by atoms with E-state index in [2.05, 4.69) is 0 Å². The Morgan fingerprint density at radius 2 is 2.40 bits per heavy atom. The normalized spacial score (nSPS) is 38.0. The van der Waals surface area contributed by atoms with Crippen molar-refractivity contribution in [1.29, 1.82) is 0 Å². The summed E-state index contributed by atoms with van der Waals surface area (Å²) in [6.07, 6.45) is -0.892. The Balaban J connectivity index is 2.43. The molecule has 1 fully saturated rings. The van der Waals surface area contributed by atoms with Gasteiger partial charge in [0.1, 0.15) is 5.78 Å². The molecule has 0 spiro atoms. The lowest BCUT2D eigenvalue weighted by Gasteiger charge is -2.05. The maximum absolute atomic E-state index is 10.1. The van der Waals surface area contributed by atoms with Gasteiger partial charge in [0.2, 0.25) is 0 Å². The number of hydrogen-bond acceptors (Lipinski definition) is 1. The van der Waals surface area contributed by atoms with E-state index in [4.69, 9.17) is 2.74 Å². The highest BCUT2D eigenvalue weighted by Gasteiger charge is 2.09. The summed E-state index contributed by atoms with van der Waals surface area (Å²) in [5.74, 6) is 0.0463. The molecule has 0 bridgehead atoms. The number of hydrogen-bond donors (Lipinski definition) is 0. The van der Waals surface area contributed by atoms with Crippen LogP contribution in [0.15, 0.2) is 0 Å². The summed E-state index contributed by atoms with van der Waals surface area (Å²) >= 11 is 0. The van der Waals surface area contributed by atoms with E-state index < -0.39 is 6.37 Å². The molecule has 1 nitrogen and oxygen atoms in total. The van der Waals surface area contributed by atoms with Gasteiger partial charge in [0, 0.05) is 15.6 Å². The van der Waals surface area contributed by atoms with Gasteiger partial charge in [-0.15, -0.1) is 0 Å². The van der Waals surface area contributed by atoms with E-state index in [-0.39, 0.29) is 18.6 Å². The Morgan fingerprint density at radius 3 is 2.40 bits per heavy atom. The smallest absolute Gasteiger partial charge is 0.132 e. The minimum absolute atomic E-state index is 0.0463. The summed E-state index contributed by atoms with van der Waals surface area (Å²) in [5.41, 5.74) is 0.